The Hall–Kier alpha value is -0.740. The zero-order valence-corrected chi connectivity index (χ0v) is 11.3. The molecule has 2 nitrogen and oxygen atoms in total. The Kier molecular flexibility index (Phi) is 7.05. The predicted octanol–water partition coefficient (Wildman–Crippen LogP) is 3.07. The van der Waals surface area contributed by atoms with E-state index in [0.29, 0.717) is 17.9 Å². The Labute approximate surface area is 107 Å². The number of thioether (sulfide) groups is 1. The fourth-order valence-corrected chi connectivity index (χ4v) is 2.10. The number of hydrogen-bond acceptors (Lipinski definition) is 3. The Morgan fingerprint density at radius 3 is 2.88 bits per heavy atom. The van der Waals surface area contributed by atoms with Gasteiger partial charge in [-0.1, -0.05) is 13.0 Å². The maximum atomic E-state index is 13.5. The SMILES string of the molecule is CCSCCCNCc1ccc(OC)cc1F. The molecule has 1 aromatic rings. The van der Waals surface area contributed by atoms with Gasteiger partial charge in [0.15, 0.2) is 0 Å². The van der Waals surface area contributed by atoms with Gasteiger partial charge in [0.2, 0.25) is 0 Å². The van der Waals surface area contributed by atoms with Gasteiger partial charge in [0, 0.05) is 18.2 Å². The van der Waals surface area contributed by atoms with Crippen molar-refractivity contribution in [3.05, 3.63) is 29.6 Å². The third-order valence-electron chi connectivity index (χ3n) is 2.42. The number of nitrogens with one attached hydrogen (secondary N) is 1. The van der Waals surface area contributed by atoms with Gasteiger partial charge >= 0.3 is 0 Å². The molecule has 0 aromatic heterocycles. The number of methoxy groups -OCH3 is 1. The minimum Gasteiger partial charge on any atom is -0.497 e. The summed E-state index contributed by atoms with van der Waals surface area (Å²) < 4.78 is 18.5. The molecule has 0 heterocycles. The molecular formula is C13H20FNOS. The molecule has 0 unspecified atom stereocenters. The fourth-order valence-electron chi connectivity index (χ4n) is 1.47. The lowest BCUT2D eigenvalue weighted by Crippen LogP contribution is -2.16. The lowest BCUT2D eigenvalue weighted by atomic mass is 10.2. The quantitative estimate of drug-likeness (QED) is 0.723. The molecule has 0 fully saturated rings. The maximum Gasteiger partial charge on any atom is 0.131 e. The molecule has 0 amide bonds. The average Bonchev–Trinajstić information content (AvgIpc) is 2.35. The largest absolute Gasteiger partial charge is 0.497 e. The van der Waals surface area contributed by atoms with E-state index in [9.17, 15) is 4.39 Å². The molecule has 0 saturated carbocycles. The van der Waals surface area contributed by atoms with Crippen LogP contribution in [-0.2, 0) is 6.54 Å². The van der Waals surface area contributed by atoms with E-state index in [2.05, 4.69) is 12.2 Å². The van der Waals surface area contributed by atoms with Gasteiger partial charge in [-0.3, -0.25) is 0 Å². The molecule has 1 N–H and O–H groups in total. The Morgan fingerprint density at radius 1 is 1.41 bits per heavy atom. The standard InChI is InChI=1S/C13H20FNOS/c1-3-17-8-4-7-15-10-11-5-6-12(16-2)9-13(11)14/h5-6,9,15H,3-4,7-8,10H2,1-2H3. The Balaban J connectivity index is 2.27. The number of ether oxygens (including phenoxy) is 1. The highest BCUT2D eigenvalue weighted by atomic mass is 32.2. The van der Waals surface area contributed by atoms with Gasteiger partial charge < -0.3 is 10.1 Å². The summed E-state index contributed by atoms with van der Waals surface area (Å²) in [6.45, 7) is 3.66. The Morgan fingerprint density at radius 2 is 2.24 bits per heavy atom. The first-order chi connectivity index (χ1) is 8.27. The first-order valence-corrected chi connectivity index (χ1v) is 7.04. The molecular weight excluding hydrogens is 237 g/mol. The van der Waals surface area contributed by atoms with Crippen LogP contribution in [0.4, 0.5) is 4.39 Å². The van der Waals surface area contributed by atoms with Crippen LogP contribution in [0.2, 0.25) is 0 Å². The second kappa shape index (κ2) is 8.37. The molecule has 17 heavy (non-hydrogen) atoms. The van der Waals surface area contributed by atoms with Crippen molar-refractivity contribution in [3.8, 4) is 5.75 Å². The van der Waals surface area contributed by atoms with Gasteiger partial charge in [-0.2, -0.15) is 11.8 Å². The van der Waals surface area contributed by atoms with Gasteiger partial charge in [0.1, 0.15) is 11.6 Å². The third kappa shape index (κ3) is 5.41. The summed E-state index contributed by atoms with van der Waals surface area (Å²) in [5.41, 5.74) is 0.689. The summed E-state index contributed by atoms with van der Waals surface area (Å²) in [4.78, 5) is 0. The van der Waals surface area contributed by atoms with Crippen LogP contribution in [0.25, 0.3) is 0 Å². The van der Waals surface area contributed by atoms with Crippen molar-refractivity contribution in [2.75, 3.05) is 25.2 Å². The van der Waals surface area contributed by atoms with Crippen molar-refractivity contribution in [2.45, 2.75) is 19.9 Å². The third-order valence-corrected chi connectivity index (χ3v) is 3.41. The second-order valence-electron chi connectivity index (χ2n) is 3.68. The van der Waals surface area contributed by atoms with E-state index in [1.807, 2.05) is 11.8 Å². The minimum atomic E-state index is -0.209. The van der Waals surface area contributed by atoms with Gasteiger partial charge in [0.05, 0.1) is 7.11 Å². The molecule has 0 aliphatic carbocycles. The van der Waals surface area contributed by atoms with E-state index in [4.69, 9.17) is 4.74 Å². The van der Waals surface area contributed by atoms with Crippen LogP contribution in [0, 0.1) is 5.82 Å². The number of rotatable bonds is 8. The molecule has 0 bridgehead atoms. The fraction of sp³-hybridized carbons (Fsp3) is 0.538. The highest BCUT2D eigenvalue weighted by Crippen LogP contribution is 2.15. The molecule has 0 aliphatic heterocycles. The zero-order valence-electron chi connectivity index (χ0n) is 10.5. The first-order valence-electron chi connectivity index (χ1n) is 5.88. The van der Waals surface area contributed by atoms with Gasteiger partial charge in [-0.15, -0.1) is 0 Å². The highest BCUT2D eigenvalue weighted by molar-refractivity contribution is 7.99. The average molecular weight is 257 g/mol. The van der Waals surface area contributed by atoms with Crippen molar-refractivity contribution in [1.82, 2.24) is 5.32 Å². The predicted molar refractivity (Wildman–Crippen MR) is 72.3 cm³/mol. The first kappa shape index (κ1) is 14.3. The minimum absolute atomic E-state index is 0.209. The molecule has 0 saturated heterocycles. The lowest BCUT2D eigenvalue weighted by molar-refractivity contribution is 0.410. The van der Waals surface area contributed by atoms with Crippen LogP contribution in [0.3, 0.4) is 0 Å². The number of hydrogen-bond donors (Lipinski definition) is 1. The molecule has 0 atom stereocenters. The van der Waals surface area contributed by atoms with Gasteiger partial charge in [-0.25, -0.2) is 4.39 Å². The summed E-state index contributed by atoms with van der Waals surface area (Å²) >= 11 is 1.93. The van der Waals surface area contributed by atoms with Crippen LogP contribution in [0.1, 0.15) is 18.9 Å². The van der Waals surface area contributed by atoms with E-state index in [-0.39, 0.29) is 5.82 Å². The van der Waals surface area contributed by atoms with Crippen molar-refractivity contribution < 1.29 is 9.13 Å². The van der Waals surface area contributed by atoms with Gasteiger partial charge in [-0.05, 0) is 30.5 Å². The summed E-state index contributed by atoms with van der Waals surface area (Å²) in [5, 5.41) is 3.24. The van der Waals surface area contributed by atoms with E-state index < -0.39 is 0 Å². The molecule has 0 aliphatic rings. The van der Waals surface area contributed by atoms with Crippen LogP contribution in [0.5, 0.6) is 5.75 Å². The smallest absolute Gasteiger partial charge is 0.131 e. The van der Waals surface area contributed by atoms with E-state index in [1.54, 1.807) is 12.1 Å². The molecule has 0 spiro atoms. The van der Waals surface area contributed by atoms with Gasteiger partial charge in [0.25, 0.3) is 0 Å². The van der Waals surface area contributed by atoms with Crippen LogP contribution >= 0.6 is 11.8 Å². The second-order valence-corrected chi connectivity index (χ2v) is 5.08. The molecule has 0 radical (unpaired) electrons. The number of benzene rings is 1. The molecule has 96 valence electrons. The molecule has 4 heteroatoms. The van der Waals surface area contributed by atoms with Crippen molar-refractivity contribution >= 4 is 11.8 Å². The van der Waals surface area contributed by atoms with Crippen LogP contribution < -0.4 is 10.1 Å². The zero-order chi connectivity index (χ0) is 12.5. The maximum absolute atomic E-state index is 13.5. The highest BCUT2D eigenvalue weighted by Gasteiger charge is 2.03. The number of halogens is 1. The lowest BCUT2D eigenvalue weighted by Gasteiger charge is -2.07. The summed E-state index contributed by atoms with van der Waals surface area (Å²) in [7, 11) is 1.54. The summed E-state index contributed by atoms with van der Waals surface area (Å²) in [6.07, 6.45) is 1.12. The van der Waals surface area contributed by atoms with Crippen molar-refractivity contribution in [1.29, 1.82) is 0 Å². The van der Waals surface area contributed by atoms with E-state index >= 15 is 0 Å². The Bertz CT molecular complexity index is 333. The molecule has 1 rings (SSSR count). The normalized spacial score (nSPS) is 10.5. The monoisotopic (exact) mass is 257 g/mol. The summed E-state index contributed by atoms with van der Waals surface area (Å²) in [5.74, 6) is 2.67. The van der Waals surface area contributed by atoms with Crippen molar-refractivity contribution in [3.63, 3.8) is 0 Å². The van der Waals surface area contributed by atoms with E-state index in [1.165, 1.54) is 13.2 Å². The van der Waals surface area contributed by atoms with Crippen LogP contribution in [-0.4, -0.2) is 25.2 Å². The molecule has 1 aromatic carbocycles. The summed E-state index contributed by atoms with van der Waals surface area (Å²) in [6, 6.07) is 4.97. The van der Waals surface area contributed by atoms with Crippen LogP contribution in [0.15, 0.2) is 18.2 Å². The van der Waals surface area contributed by atoms with E-state index in [0.717, 1.165) is 24.5 Å². The topological polar surface area (TPSA) is 21.3 Å². The van der Waals surface area contributed by atoms with Crippen molar-refractivity contribution in [2.24, 2.45) is 0 Å².